The second kappa shape index (κ2) is 6.75. The standard InChI is InChI=1S/C17H16N6OS/c1-3-19-17(25)22-20-9-12-10(2)11(8-18)15-21-13-6-4-5-7-14(13)23(15)16(12)24/h4-7,9,20H,3H2,1-2H3,(H2,19,22,25). The highest BCUT2D eigenvalue weighted by atomic mass is 32.1. The third kappa shape index (κ3) is 2.86. The summed E-state index contributed by atoms with van der Waals surface area (Å²) in [6.07, 6.45) is 1.51. The molecular formula is C17H16N6OS. The van der Waals surface area contributed by atoms with Crippen LogP contribution in [0.15, 0.2) is 29.1 Å². The summed E-state index contributed by atoms with van der Waals surface area (Å²) < 4.78 is 1.47. The predicted octanol–water partition coefficient (Wildman–Crippen LogP) is 0.473. The lowest BCUT2D eigenvalue weighted by atomic mass is 10.1. The fraction of sp³-hybridized carbons (Fsp3) is 0.176. The van der Waals surface area contributed by atoms with Crippen LogP contribution >= 0.6 is 12.2 Å². The van der Waals surface area contributed by atoms with Crippen LogP contribution in [0, 0.1) is 18.3 Å². The molecule has 126 valence electrons. The lowest BCUT2D eigenvalue weighted by molar-refractivity contribution is 0.814. The minimum absolute atomic E-state index is 0.246. The van der Waals surface area contributed by atoms with E-state index in [1.807, 2.05) is 31.2 Å². The van der Waals surface area contributed by atoms with E-state index in [0.29, 0.717) is 44.7 Å². The minimum Gasteiger partial charge on any atom is -0.362 e. The van der Waals surface area contributed by atoms with E-state index in [9.17, 15) is 10.1 Å². The molecule has 0 aliphatic heterocycles. The van der Waals surface area contributed by atoms with Crippen molar-refractivity contribution >= 4 is 40.2 Å². The Kier molecular flexibility index (Phi) is 4.50. The van der Waals surface area contributed by atoms with E-state index in [4.69, 9.17) is 12.2 Å². The molecule has 3 aromatic rings. The van der Waals surface area contributed by atoms with Gasteiger partial charge in [0, 0.05) is 12.7 Å². The van der Waals surface area contributed by atoms with Crippen LogP contribution in [0.25, 0.3) is 22.9 Å². The van der Waals surface area contributed by atoms with E-state index in [2.05, 4.69) is 27.2 Å². The Morgan fingerprint density at radius 2 is 2.20 bits per heavy atom. The summed E-state index contributed by atoms with van der Waals surface area (Å²) in [6, 6.07) is 9.46. The summed E-state index contributed by atoms with van der Waals surface area (Å²) in [5.74, 6) is 0. The van der Waals surface area contributed by atoms with Crippen molar-refractivity contribution in [2.75, 3.05) is 6.54 Å². The number of hydrogen-bond acceptors (Lipinski definition) is 5. The molecule has 0 radical (unpaired) electrons. The van der Waals surface area contributed by atoms with Crippen molar-refractivity contribution in [2.45, 2.75) is 13.8 Å². The number of hydrogen-bond donors (Lipinski definition) is 3. The minimum atomic E-state index is -0.246. The van der Waals surface area contributed by atoms with Gasteiger partial charge >= 0.3 is 0 Å². The Balaban J connectivity index is 2.23. The summed E-state index contributed by atoms with van der Waals surface area (Å²) >= 11 is 5.06. The number of aromatic nitrogens is 2. The molecule has 8 heteroatoms. The summed E-state index contributed by atoms with van der Waals surface area (Å²) in [6.45, 7) is 4.34. The Hall–Kier alpha value is -3.18. The zero-order valence-electron chi connectivity index (χ0n) is 13.8. The normalized spacial score (nSPS) is 11.5. The van der Waals surface area contributed by atoms with Crippen LogP contribution in [-0.4, -0.2) is 21.0 Å². The van der Waals surface area contributed by atoms with Crippen molar-refractivity contribution in [1.29, 1.82) is 5.26 Å². The molecule has 1 aromatic carbocycles. The number of thiocarbonyl (C=S) groups is 1. The lowest BCUT2D eigenvalue weighted by Crippen LogP contribution is -2.44. The van der Waals surface area contributed by atoms with Gasteiger partial charge in [0.05, 0.1) is 21.8 Å². The molecule has 0 amide bonds. The number of rotatable bonds is 3. The predicted molar refractivity (Wildman–Crippen MR) is 101 cm³/mol. The van der Waals surface area contributed by atoms with Gasteiger partial charge < -0.3 is 10.7 Å². The second-order valence-corrected chi connectivity index (χ2v) is 5.77. The molecule has 0 unspecified atom stereocenters. The van der Waals surface area contributed by atoms with Crippen molar-refractivity contribution in [3.63, 3.8) is 0 Å². The van der Waals surface area contributed by atoms with Crippen LogP contribution in [0.1, 0.15) is 18.1 Å². The average molecular weight is 352 g/mol. The largest absolute Gasteiger partial charge is 0.362 e. The van der Waals surface area contributed by atoms with Gasteiger partial charge in [-0.05, 0) is 43.8 Å². The number of para-hydroxylation sites is 2. The third-order valence-electron chi connectivity index (χ3n) is 3.85. The highest BCUT2D eigenvalue weighted by Crippen LogP contribution is 2.17. The first-order valence-corrected chi connectivity index (χ1v) is 8.12. The summed E-state index contributed by atoms with van der Waals surface area (Å²) in [5.41, 5.74) is 7.99. The van der Waals surface area contributed by atoms with E-state index < -0.39 is 0 Å². The van der Waals surface area contributed by atoms with Gasteiger partial charge in [-0.15, -0.1) is 0 Å². The second-order valence-electron chi connectivity index (χ2n) is 5.36. The summed E-state index contributed by atoms with van der Waals surface area (Å²) in [5, 5.41) is 13.3. The maximum atomic E-state index is 13.0. The van der Waals surface area contributed by atoms with Gasteiger partial charge in [0.15, 0.2) is 10.8 Å². The Morgan fingerprint density at radius 3 is 2.92 bits per heavy atom. The lowest BCUT2D eigenvalue weighted by Gasteiger charge is -2.08. The van der Waals surface area contributed by atoms with Gasteiger partial charge in [0.1, 0.15) is 6.07 Å². The van der Waals surface area contributed by atoms with Crippen molar-refractivity contribution in [1.82, 2.24) is 25.6 Å². The fourth-order valence-electron chi connectivity index (χ4n) is 2.66. The molecule has 0 bridgehead atoms. The molecule has 0 fully saturated rings. The number of imidazole rings is 1. The van der Waals surface area contributed by atoms with Crippen LogP contribution in [0.3, 0.4) is 0 Å². The van der Waals surface area contributed by atoms with E-state index in [1.54, 1.807) is 6.92 Å². The number of hydrazine groups is 1. The van der Waals surface area contributed by atoms with E-state index in [-0.39, 0.29) is 5.56 Å². The molecule has 0 saturated heterocycles. The number of nitriles is 1. The van der Waals surface area contributed by atoms with E-state index >= 15 is 0 Å². The molecular weight excluding hydrogens is 336 g/mol. The average Bonchev–Trinajstić information content (AvgIpc) is 2.98. The SMILES string of the molecule is CCNC(=S)NNC=c1c(C)c(C#N)c2nc3ccccc3n2c1=O. The maximum Gasteiger partial charge on any atom is 0.265 e. The molecule has 25 heavy (non-hydrogen) atoms. The molecule has 7 nitrogen and oxygen atoms in total. The van der Waals surface area contributed by atoms with Crippen LogP contribution in [0.2, 0.25) is 0 Å². The maximum absolute atomic E-state index is 13.0. The highest BCUT2D eigenvalue weighted by Gasteiger charge is 2.15. The highest BCUT2D eigenvalue weighted by molar-refractivity contribution is 7.80. The van der Waals surface area contributed by atoms with Crippen molar-refractivity contribution in [3.8, 4) is 6.07 Å². The first kappa shape index (κ1) is 16.7. The van der Waals surface area contributed by atoms with Crippen molar-refractivity contribution < 1.29 is 0 Å². The number of pyridine rings is 1. The Morgan fingerprint density at radius 1 is 1.44 bits per heavy atom. The quantitative estimate of drug-likeness (QED) is 0.466. The molecule has 3 N–H and O–H groups in total. The van der Waals surface area contributed by atoms with Crippen LogP contribution < -0.4 is 26.9 Å². The monoisotopic (exact) mass is 352 g/mol. The molecule has 2 aromatic heterocycles. The topological polar surface area (TPSA) is 94.2 Å². The Labute approximate surface area is 148 Å². The number of benzene rings is 1. The van der Waals surface area contributed by atoms with Gasteiger partial charge in [0.25, 0.3) is 5.56 Å². The number of nitrogens with one attached hydrogen (secondary N) is 3. The zero-order valence-corrected chi connectivity index (χ0v) is 14.6. The number of nitrogens with zero attached hydrogens (tertiary/aromatic N) is 3. The van der Waals surface area contributed by atoms with Crippen molar-refractivity contribution in [3.05, 3.63) is 51.0 Å². The summed E-state index contributed by atoms with van der Waals surface area (Å²) in [7, 11) is 0. The smallest absolute Gasteiger partial charge is 0.265 e. The third-order valence-corrected chi connectivity index (χ3v) is 4.09. The van der Waals surface area contributed by atoms with Crippen LogP contribution in [-0.2, 0) is 0 Å². The molecule has 0 saturated carbocycles. The first-order valence-electron chi connectivity index (χ1n) is 7.72. The zero-order chi connectivity index (χ0) is 18.0. The fourth-order valence-corrected chi connectivity index (χ4v) is 2.87. The van der Waals surface area contributed by atoms with E-state index in [1.165, 1.54) is 10.6 Å². The Bertz CT molecular complexity index is 1130. The number of fused-ring (bicyclic) bond motifs is 3. The van der Waals surface area contributed by atoms with E-state index in [0.717, 1.165) is 0 Å². The molecule has 0 atom stereocenters. The summed E-state index contributed by atoms with van der Waals surface area (Å²) in [4.78, 5) is 17.4. The van der Waals surface area contributed by atoms with Gasteiger partial charge in [0.2, 0.25) is 0 Å². The molecule has 0 aliphatic carbocycles. The van der Waals surface area contributed by atoms with Gasteiger partial charge in [-0.25, -0.2) is 4.98 Å². The van der Waals surface area contributed by atoms with Crippen LogP contribution in [0.4, 0.5) is 0 Å². The van der Waals surface area contributed by atoms with Gasteiger partial charge in [-0.3, -0.25) is 14.6 Å². The molecule has 0 aliphatic rings. The first-order chi connectivity index (χ1) is 12.1. The molecule has 0 spiro atoms. The molecule has 2 heterocycles. The van der Waals surface area contributed by atoms with Crippen molar-refractivity contribution in [2.24, 2.45) is 0 Å². The van der Waals surface area contributed by atoms with Crippen LogP contribution in [0.5, 0.6) is 0 Å². The molecule has 3 rings (SSSR count). The van der Waals surface area contributed by atoms with Gasteiger partial charge in [-0.1, -0.05) is 12.1 Å². The van der Waals surface area contributed by atoms with Gasteiger partial charge in [-0.2, -0.15) is 5.26 Å².